The van der Waals surface area contributed by atoms with Crippen LogP contribution in [0.25, 0.3) is 0 Å². The number of carbonyl (C=O) groups excluding carboxylic acids is 1. The predicted molar refractivity (Wildman–Crippen MR) is 61.8 cm³/mol. The van der Waals surface area contributed by atoms with Crippen LogP contribution in [-0.2, 0) is 4.79 Å². The highest BCUT2D eigenvalue weighted by molar-refractivity contribution is 5.80. The SMILES string of the molecule is CC[C@H](Oc1ccccc1OC)C(=O)NC. The number of benzene rings is 1. The smallest absolute Gasteiger partial charge is 0.260 e. The number of methoxy groups -OCH3 is 1. The van der Waals surface area contributed by atoms with Crippen LogP contribution in [0.1, 0.15) is 13.3 Å². The number of amides is 1. The number of hydrogen-bond acceptors (Lipinski definition) is 3. The number of carbonyl (C=O) groups is 1. The molecular weight excluding hydrogens is 206 g/mol. The minimum atomic E-state index is -0.485. The summed E-state index contributed by atoms with van der Waals surface area (Å²) in [5, 5.41) is 2.57. The molecule has 0 radical (unpaired) electrons. The Kier molecular flexibility index (Phi) is 4.64. The van der Waals surface area contributed by atoms with Crippen molar-refractivity contribution in [1.82, 2.24) is 5.32 Å². The normalized spacial score (nSPS) is 11.7. The van der Waals surface area contributed by atoms with E-state index < -0.39 is 6.10 Å². The molecule has 88 valence electrons. The number of ether oxygens (including phenoxy) is 2. The van der Waals surface area contributed by atoms with Crippen molar-refractivity contribution >= 4 is 5.91 Å². The fourth-order valence-corrected chi connectivity index (χ4v) is 1.35. The summed E-state index contributed by atoms with van der Waals surface area (Å²) in [5.74, 6) is 1.08. The number of hydrogen-bond donors (Lipinski definition) is 1. The molecule has 0 aliphatic carbocycles. The van der Waals surface area contributed by atoms with E-state index in [4.69, 9.17) is 9.47 Å². The third-order valence-electron chi connectivity index (χ3n) is 2.25. The van der Waals surface area contributed by atoms with E-state index >= 15 is 0 Å². The minimum Gasteiger partial charge on any atom is -0.493 e. The van der Waals surface area contributed by atoms with Gasteiger partial charge in [-0.05, 0) is 18.6 Å². The largest absolute Gasteiger partial charge is 0.493 e. The van der Waals surface area contributed by atoms with Gasteiger partial charge in [-0.3, -0.25) is 4.79 Å². The van der Waals surface area contributed by atoms with Crippen molar-refractivity contribution in [2.45, 2.75) is 19.4 Å². The molecule has 4 nitrogen and oxygen atoms in total. The minimum absolute atomic E-state index is 0.131. The summed E-state index contributed by atoms with van der Waals surface area (Å²) in [7, 11) is 3.17. The zero-order valence-corrected chi connectivity index (χ0v) is 9.82. The van der Waals surface area contributed by atoms with Crippen molar-refractivity contribution in [3.63, 3.8) is 0 Å². The van der Waals surface area contributed by atoms with Crippen molar-refractivity contribution in [2.75, 3.05) is 14.2 Å². The first-order valence-electron chi connectivity index (χ1n) is 5.24. The Morgan fingerprint density at radius 2 is 2.00 bits per heavy atom. The molecule has 1 amide bonds. The van der Waals surface area contributed by atoms with Crippen LogP contribution in [0.15, 0.2) is 24.3 Å². The summed E-state index contributed by atoms with van der Waals surface area (Å²) in [6.07, 6.45) is 0.124. The standard InChI is InChI=1S/C12H17NO3/c1-4-9(12(14)13-2)16-11-8-6-5-7-10(11)15-3/h5-9H,4H2,1-3H3,(H,13,14)/t9-/m0/s1. The van der Waals surface area contributed by atoms with Crippen LogP contribution in [0.2, 0.25) is 0 Å². The second-order valence-corrected chi connectivity index (χ2v) is 3.28. The van der Waals surface area contributed by atoms with Gasteiger partial charge in [0.25, 0.3) is 5.91 Å². The average molecular weight is 223 g/mol. The zero-order valence-electron chi connectivity index (χ0n) is 9.82. The molecule has 0 aromatic heterocycles. The maximum absolute atomic E-state index is 11.5. The van der Waals surface area contributed by atoms with Gasteiger partial charge in [0.2, 0.25) is 0 Å². The lowest BCUT2D eigenvalue weighted by molar-refractivity contribution is -0.127. The Hall–Kier alpha value is -1.71. The maximum atomic E-state index is 11.5. The Morgan fingerprint density at radius 3 is 2.50 bits per heavy atom. The molecule has 1 rings (SSSR count). The van der Waals surface area contributed by atoms with Crippen LogP contribution in [0, 0.1) is 0 Å². The average Bonchev–Trinajstić information content (AvgIpc) is 2.35. The number of para-hydroxylation sites is 2. The molecule has 1 aromatic rings. The van der Waals surface area contributed by atoms with Crippen molar-refractivity contribution in [2.24, 2.45) is 0 Å². The highest BCUT2D eigenvalue weighted by atomic mass is 16.5. The van der Waals surface area contributed by atoms with Crippen LogP contribution in [0.5, 0.6) is 11.5 Å². The van der Waals surface area contributed by atoms with E-state index in [1.807, 2.05) is 19.1 Å². The zero-order chi connectivity index (χ0) is 12.0. The Balaban J connectivity index is 2.81. The Bertz CT molecular complexity index is 352. The molecular formula is C12H17NO3. The summed E-state index contributed by atoms with van der Waals surface area (Å²) >= 11 is 0. The molecule has 1 N–H and O–H groups in total. The summed E-state index contributed by atoms with van der Waals surface area (Å²) < 4.78 is 10.7. The monoisotopic (exact) mass is 223 g/mol. The summed E-state index contributed by atoms with van der Waals surface area (Å²) in [6, 6.07) is 7.28. The van der Waals surface area contributed by atoms with Crippen molar-refractivity contribution in [1.29, 1.82) is 0 Å². The van der Waals surface area contributed by atoms with Gasteiger partial charge in [-0.2, -0.15) is 0 Å². The maximum Gasteiger partial charge on any atom is 0.260 e. The highest BCUT2D eigenvalue weighted by Crippen LogP contribution is 2.27. The van der Waals surface area contributed by atoms with Crippen LogP contribution in [0.4, 0.5) is 0 Å². The quantitative estimate of drug-likeness (QED) is 0.824. The topological polar surface area (TPSA) is 47.6 Å². The molecule has 1 atom stereocenters. The molecule has 0 aliphatic heterocycles. The lowest BCUT2D eigenvalue weighted by Gasteiger charge is -2.17. The number of likely N-dealkylation sites (N-methyl/N-ethyl adjacent to an activating group) is 1. The third-order valence-corrected chi connectivity index (χ3v) is 2.25. The van der Waals surface area contributed by atoms with E-state index in [1.165, 1.54) is 0 Å². The van der Waals surface area contributed by atoms with Crippen molar-refractivity contribution in [3.05, 3.63) is 24.3 Å². The third kappa shape index (κ3) is 2.89. The summed E-state index contributed by atoms with van der Waals surface area (Å²) in [6.45, 7) is 1.90. The van der Waals surface area contributed by atoms with Crippen molar-refractivity contribution < 1.29 is 14.3 Å². The fraction of sp³-hybridized carbons (Fsp3) is 0.417. The van der Waals surface area contributed by atoms with E-state index in [1.54, 1.807) is 26.3 Å². The molecule has 0 bridgehead atoms. The van der Waals surface area contributed by atoms with Gasteiger partial charge in [0.05, 0.1) is 7.11 Å². The molecule has 0 aliphatic rings. The molecule has 0 saturated heterocycles. The second-order valence-electron chi connectivity index (χ2n) is 3.28. The Morgan fingerprint density at radius 1 is 1.38 bits per heavy atom. The van der Waals surface area contributed by atoms with E-state index in [0.717, 1.165) is 0 Å². The van der Waals surface area contributed by atoms with Gasteiger partial charge in [0.15, 0.2) is 17.6 Å². The molecule has 0 spiro atoms. The molecule has 16 heavy (non-hydrogen) atoms. The molecule has 1 aromatic carbocycles. The number of rotatable bonds is 5. The first-order valence-corrected chi connectivity index (χ1v) is 5.24. The van der Waals surface area contributed by atoms with Crippen LogP contribution < -0.4 is 14.8 Å². The van der Waals surface area contributed by atoms with Gasteiger partial charge >= 0.3 is 0 Å². The second kappa shape index (κ2) is 6.00. The van der Waals surface area contributed by atoms with Gasteiger partial charge in [-0.15, -0.1) is 0 Å². The van der Waals surface area contributed by atoms with Gasteiger partial charge in [0.1, 0.15) is 0 Å². The molecule has 0 unspecified atom stereocenters. The van der Waals surface area contributed by atoms with Gasteiger partial charge in [-0.1, -0.05) is 19.1 Å². The lowest BCUT2D eigenvalue weighted by Crippen LogP contribution is -2.35. The first kappa shape index (κ1) is 12.4. The fourth-order valence-electron chi connectivity index (χ4n) is 1.35. The van der Waals surface area contributed by atoms with E-state index in [-0.39, 0.29) is 5.91 Å². The van der Waals surface area contributed by atoms with Gasteiger partial charge in [-0.25, -0.2) is 0 Å². The van der Waals surface area contributed by atoms with Gasteiger partial charge < -0.3 is 14.8 Å². The van der Waals surface area contributed by atoms with E-state index in [0.29, 0.717) is 17.9 Å². The predicted octanol–water partition coefficient (Wildman–Crippen LogP) is 1.60. The van der Waals surface area contributed by atoms with Crippen molar-refractivity contribution in [3.8, 4) is 11.5 Å². The van der Waals surface area contributed by atoms with E-state index in [2.05, 4.69) is 5.32 Å². The first-order chi connectivity index (χ1) is 7.72. The lowest BCUT2D eigenvalue weighted by atomic mass is 10.2. The van der Waals surface area contributed by atoms with Crippen LogP contribution in [-0.4, -0.2) is 26.2 Å². The van der Waals surface area contributed by atoms with Crippen LogP contribution in [0.3, 0.4) is 0 Å². The summed E-state index contributed by atoms with van der Waals surface area (Å²) in [4.78, 5) is 11.5. The number of nitrogens with one attached hydrogen (secondary N) is 1. The van der Waals surface area contributed by atoms with E-state index in [9.17, 15) is 4.79 Å². The van der Waals surface area contributed by atoms with Gasteiger partial charge in [0, 0.05) is 7.05 Å². The highest BCUT2D eigenvalue weighted by Gasteiger charge is 2.18. The molecule has 4 heteroatoms. The van der Waals surface area contributed by atoms with Crippen LogP contribution >= 0.6 is 0 Å². The molecule has 0 saturated carbocycles. The molecule has 0 fully saturated rings. The molecule has 0 heterocycles. The summed E-state index contributed by atoms with van der Waals surface area (Å²) in [5.41, 5.74) is 0. The Labute approximate surface area is 95.6 Å².